The number of pyridine rings is 1. The number of rotatable bonds is 5. The molecule has 3 atom stereocenters. The van der Waals surface area contributed by atoms with Crippen LogP contribution in [0.4, 0.5) is 24.7 Å². The number of alkyl halides is 2. The first-order valence-corrected chi connectivity index (χ1v) is 10.3. The summed E-state index contributed by atoms with van der Waals surface area (Å²) in [5.41, 5.74) is 1.87. The standard InChI is InChI=1S/C22H22F3N5O/c1-11(16-4-3-5-17(19(16)23)21(24)25)27-22-18-7-13(8-26-20(18)12(2)28-29-22)30-9-15-6-14(30)10-31-15/h3-5,7-8,11,14-15,21H,6,9-10H2,1-2H3,(H,27,29)/t11-,14+,15+/m1/s1. The largest absolute Gasteiger partial charge is 0.374 e. The summed E-state index contributed by atoms with van der Waals surface area (Å²) in [6.45, 7) is 5.06. The van der Waals surface area contributed by atoms with Gasteiger partial charge in [-0.05, 0) is 26.3 Å². The van der Waals surface area contributed by atoms with E-state index in [4.69, 9.17) is 4.74 Å². The average Bonchev–Trinajstić information content (AvgIpc) is 3.39. The molecule has 0 radical (unpaired) electrons. The Morgan fingerprint density at radius 2 is 2.03 bits per heavy atom. The molecule has 5 rings (SSSR count). The van der Waals surface area contributed by atoms with Crippen LogP contribution in [-0.4, -0.2) is 40.5 Å². The van der Waals surface area contributed by atoms with Crippen molar-refractivity contribution in [2.75, 3.05) is 23.4 Å². The lowest BCUT2D eigenvalue weighted by atomic mass is 10.0. The van der Waals surface area contributed by atoms with E-state index in [2.05, 4.69) is 25.4 Å². The lowest BCUT2D eigenvalue weighted by molar-refractivity contribution is 0.0991. The van der Waals surface area contributed by atoms with E-state index in [0.717, 1.165) is 30.1 Å². The van der Waals surface area contributed by atoms with Crippen molar-refractivity contribution in [2.24, 2.45) is 0 Å². The summed E-state index contributed by atoms with van der Waals surface area (Å²) in [5, 5.41) is 12.3. The third-order valence-electron chi connectivity index (χ3n) is 6.12. The molecule has 0 aliphatic carbocycles. The maximum absolute atomic E-state index is 14.6. The van der Waals surface area contributed by atoms with Gasteiger partial charge in [0.2, 0.25) is 0 Å². The number of ether oxygens (including phenoxy) is 1. The molecule has 2 saturated heterocycles. The number of aryl methyl sites for hydroxylation is 1. The Morgan fingerprint density at radius 1 is 1.23 bits per heavy atom. The number of fused-ring (bicyclic) bond motifs is 3. The Hall–Kier alpha value is -2.94. The molecule has 1 N–H and O–H groups in total. The monoisotopic (exact) mass is 429 g/mol. The van der Waals surface area contributed by atoms with E-state index >= 15 is 0 Å². The van der Waals surface area contributed by atoms with Crippen LogP contribution in [0.3, 0.4) is 0 Å². The van der Waals surface area contributed by atoms with Gasteiger partial charge >= 0.3 is 0 Å². The predicted molar refractivity (Wildman–Crippen MR) is 111 cm³/mol. The number of halogens is 3. The number of hydrogen-bond donors (Lipinski definition) is 1. The molecule has 9 heteroatoms. The van der Waals surface area contributed by atoms with Crippen molar-refractivity contribution in [1.82, 2.24) is 15.2 Å². The SMILES string of the molecule is Cc1nnc(N[C@H](C)c2cccc(C(F)F)c2F)c2cc(N3C[C@@H]4C[C@H]3CO4)cnc12. The summed E-state index contributed by atoms with van der Waals surface area (Å²) in [7, 11) is 0. The molecule has 2 aromatic heterocycles. The second-order valence-electron chi connectivity index (χ2n) is 8.14. The second kappa shape index (κ2) is 7.64. The Morgan fingerprint density at radius 3 is 2.74 bits per heavy atom. The Balaban J connectivity index is 1.50. The van der Waals surface area contributed by atoms with Crippen molar-refractivity contribution in [1.29, 1.82) is 0 Å². The fraction of sp³-hybridized carbons (Fsp3) is 0.409. The van der Waals surface area contributed by atoms with Crippen molar-refractivity contribution in [3.8, 4) is 0 Å². The van der Waals surface area contributed by atoms with Crippen LogP contribution in [0.5, 0.6) is 0 Å². The molecular weight excluding hydrogens is 407 g/mol. The summed E-state index contributed by atoms with van der Waals surface area (Å²) in [4.78, 5) is 6.89. The van der Waals surface area contributed by atoms with Crippen molar-refractivity contribution in [2.45, 2.75) is 44.9 Å². The summed E-state index contributed by atoms with van der Waals surface area (Å²) in [6.07, 6.45) is 0.212. The third kappa shape index (κ3) is 3.46. The second-order valence-corrected chi connectivity index (χ2v) is 8.14. The first kappa shape index (κ1) is 20.0. The average molecular weight is 429 g/mol. The van der Waals surface area contributed by atoms with Crippen LogP contribution in [0.25, 0.3) is 10.9 Å². The molecule has 0 amide bonds. The van der Waals surface area contributed by atoms with Crippen LogP contribution in [-0.2, 0) is 4.74 Å². The maximum atomic E-state index is 14.6. The quantitative estimate of drug-likeness (QED) is 0.642. The van der Waals surface area contributed by atoms with Crippen LogP contribution in [0.2, 0.25) is 0 Å². The molecule has 3 aromatic rings. The number of anilines is 2. The van der Waals surface area contributed by atoms with Crippen LogP contribution in [0, 0.1) is 12.7 Å². The Bertz CT molecular complexity index is 1140. The van der Waals surface area contributed by atoms with Crippen molar-refractivity contribution in [3.05, 3.63) is 53.1 Å². The summed E-state index contributed by atoms with van der Waals surface area (Å²) in [6, 6.07) is 5.77. The summed E-state index contributed by atoms with van der Waals surface area (Å²) in [5.74, 6) is -0.473. The molecule has 162 valence electrons. The highest BCUT2D eigenvalue weighted by Gasteiger charge is 2.39. The zero-order valence-corrected chi connectivity index (χ0v) is 17.1. The van der Waals surface area contributed by atoms with Gasteiger partial charge < -0.3 is 15.0 Å². The number of hydrogen-bond acceptors (Lipinski definition) is 6. The van der Waals surface area contributed by atoms with Crippen molar-refractivity contribution < 1.29 is 17.9 Å². The minimum absolute atomic E-state index is 0.145. The summed E-state index contributed by atoms with van der Waals surface area (Å²) >= 11 is 0. The number of morpholine rings is 1. The fourth-order valence-corrected chi connectivity index (χ4v) is 4.48. The minimum Gasteiger partial charge on any atom is -0.374 e. The molecule has 4 heterocycles. The van der Waals surface area contributed by atoms with Crippen LogP contribution < -0.4 is 10.2 Å². The molecule has 2 aliphatic heterocycles. The predicted octanol–water partition coefficient (Wildman–Crippen LogP) is 4.56. The van der Waals surface area contributed by atoms with Gasteiger partial charge in [0.25, 0.3) is 6.43 Å². The van der Waals surface area contributed by atoms with E-state index in [1.807, 2.05) is 19.2 Å². The zero-order chi connectivity index (χ0) is 21.7. The van der Waals surface area contributed by atoms with E-state index in [-0.39, 0.29) is 11.7 Å². The lowest BCUT2D eigenvalue weighted by Gasteiger charge is -2.29. The van der Waals surface area contributed by atoms with E-state index in [1.165, 1.54) is 12.1 Å². The molecule has 2 aliphatic rings. The molecule has 0 saturated carbocycles. The van der Waals surface area contributed by atoms with Crippen LogP contribution in [0.15, 0.2) is 30.5 Å². The van der Waals surface area contributed by atoms with Gasteiger partial charge in [-0.2, -0.15) is 5.10 Å². The first-order chi connectivity index (χ1) is 14.9. The minimum atomic E-state index is -2.88. The molecule has 1 aromatic carbocycles. The number of benzene rings is 1. The van der Waals surface area contributed by atoms with Crippen molar-refractivity contribution in [3.63, 3.8) is 0 Å². The molecule has 6 nitrogen and oxygen atoms in total. The van der Waals surface area contributed by atoms with Crippen LogP contribution >= 0.6 is 0 Å². The Labute approximate surface area is 177 Å². The molecule has 2 bridgehead atoms. The van der Waals surface area contributed by atoms with Gasteiger partial charge in [-0.25, -0.2) is 13.2 Å². The highest BCUT2D eigenvalue weighted by molar-refractivity contribution is 5.92. The molecule has 2 fully saturated rings. The zero-order valence-electron chi connectivity index (χ0n) is 17.1. The smallest absolute Gasteiger partial charge is 0.266 e. The number of nitrogens with zero attached hydrogens (tertiary/aromatic N) is 4. The van der Waals surface area contributed by atoms with Gasteiger partial charge in [0.1, 0.15) is 5.82 Å². The van der Waals surface area contributed by atoms with Crippen molar-refractivity contribution >= 4 is 22.4 Å². The summed E-state index contributed by atoms with van der Waals surface area (Å²) < 4.78 is 46.5. The fourth-order valence-electron chi connectivity index (χ4n) is 4.48. The van der Waals surface area contributed by atoms with Gasteiger partial charge in [0, 0.05) is 17.5 Å². The number of aromatic nitrogens is 3. The highest BCUT2D eigenvalue weighted by atomic mass is 19.3. The maximum Gasteiger partial charge on any atom is 0.266 e. The Kier molecular flexibility index (Phi) is 4.92. The van der Waals surface area contributed by atoms with E-state index < -0.39 is 23.8 Å². The van der Waals surface area contributed by atoms with Gasteiger partial charge in [-0.15, -0.1) is 5.10 Å². The van der Waals surface area contributed by atoms with Gasteiger partial charge in [-0.3, -0.25) is 4.98 Å². The molecule has 0 unspecified atom stereocenters. The van der Waals surface area contributed by atoms with Gasteiger partial charge in [0.15, 0.2) is 5.82 Å². The topological polar surface area (TPSA) is 63.2 Å². The van der Waals surface area contributed by atoms with Gasteiger partial charge in [0.05, 0.1) is 53.5 Å². The van der Waals surface area contributed by atoms with E-state index in [0.29, 0.717) is 29.7 Å². The molecular formula is C22H22F3N5O. The lowest BCUT2D eigenvalue weighted by Crippen LogP contribution is -2.36. The number of nitrogens with one attached hydrogen (secondary N) is 1. The first-order valence-electron chi connectivity index (χ1n) is 10.3. The molecule has 0 spiro atoms. The van der Waals surface area contributed by atoms with Crippen LogP contribution in [0.1, 0.15) is 42.6 Å². The third-order valence-corrected chi connectivity index (χ3v) is 6.12. The molecule has 31 heavy (non-hydrogen) atoms. The van der Waals surface area contributed by atoms with Gasteiger partial charge in [-0.1, -0.05) is 18.2 Å². The normalized spacial score (nSPS) is 21.3. The highest BCUT2D eigenvalue weighted by Crippen LogP contribution is 2.35. The van der Waals surface area contributed by atoms with E-state index in [9.17, 15) is 13.2 Å². The van der Waals surface area contributed by atoms with E-state index in [1.54, 1.807) is 6.92 Å².